The third kappa shape index (κ3) is 3.56. The number of nitrogens with one attached hydrogen (secondary N) is 1. The highest BCUT2D eigenvalue weighted by molar-refractivity contribution is 8.01. The molecule has 0 aliphatic heterocycles. The van der Waals surface area contributed by atoms with Crippen LogP contribution in [0.2, 0.25) is 0 Å². The summed E-state index contributed by atoms with van der Waals surface area (Å²) >= 11 is 3.16. The van der Waals surface area contributed by atoms with Crippen molar-refractivity contribution in [2.24, 2.45) is 0 Å². The molecule has 0 bridgehead atoms. The lowest BCUT2D eigenvalue weighted by atomic mass is 10.5. The van der Waals surface area contributed by atoms with Crippen LogP contribution in [-0.4, -0.2) is 36.3 Å². The molecule has 7 nitrogen and oxygen atoms in total. The van der Waals surface area contributed by atoms with E-state index in [0.717, 1.165) is 17.2 Å². The molecule has 0 atom stereocenters. The molecular formula is C12H13N7S2. The summed E-state index contributed by atoms with van der Waals surface area (Å²) in [5, 5.41) is 9.91. The van der Waals surface area contributed by atoms with Gasteiger partial charge in [-0.05, 0) is 29.6 Å². The van der Waals surface area contributed by atoms with E-state index in [9.17, 15) is 0 Å². The Bertz CT molecular complexity index is 682. The predicted molar refractivity (Wildman–Crippen MR) is 82.0 cm³/mol. The molecule has 0 aromatic carbocycles. The van der Waals surface area contributed by atoms with Crippen LogP contribution < -0.4 is 5.32 Å². The summed E-state index contributed by atoms with van der Waals surface area (Å²) in [4.78, 5) is 17.1. The van der Waals surface area contributed by atoms with Crippen molar-refractivity contribution in [3.8, 4) is 5.95 Å². The van der Waals surface area contributed by atoms with Gasteiger partial charge in [-0.15, -0.1) is 11.3 Å². The summed E-state index contributed by atoms with van der Waals surface area (Å²) < 4.78 is 2.66. The summed E-state index contributed by atoms with van der Waals surface area (Å²) in [5.74, 6) is 1.01. The van der Waals surface area contributed by atoms with E-state index in [0.29, 0.717) is 17.1 Å². The third-order valence-corrected chi connectivity index (χ3v) is 4.35. The molecule has 3 aromatic heterocycles. The van der Waals surface area contributed by atoms with E-state index < -0.39 is 0 Å². The molecule has 0 aliphatic carbocycles. The lowest BCUT2D eigenvalue weighted by Crippen LogP contribution is -2.10. The van der Waals surface area contributed by atoms with Gasteiger partial charge in [-0.2, -0.15) is 24.7 Å². The maximum absolute atomic E-state index is 4.43. The van der Waals surface area contributed by atoms with Crippen molar-refractivity contribution in [1.29, 1.82) is 0 Å². The van der Waals surface area contributed by atoms with Gasteiger partial charge in [-0.3, -0.25) is 0 Å². The van der Waals surface area contributed by atoms with E-state index in [4.69, 9.17) is 0 Å². The molecule has 0 unspecified atom stereocenters. The van der Waals surface area contributed by atoms with Crippen LogP contribution in [0, 0.1) is 0 Å². The second kappa shape index (κ2) is 6.64. The molecule has 0 amide bonds. The van der Waals surface area contributed by atoms with Crippen LogP contribution in [0.1, 0.15) is 13.3 Å². The Morgan fingerprint density at radius 3 is 3.00 bits per heavy atom. The zero-order chi connectivity index (χ0) is 14.5. The molecule has 0 saturated heterocycles. The van der Waals surface area contributed by atoms with Crippen molar-refractivity contribution < 1.29 is 0 Å². The van der Waals surface area contributed by atoms with Crippen molar-refractivity contribution in [2.45, 2.75) is 22.7 Å². The zero-order valence-electron chi connectivity index (χ0n) is 11.3. The highest BCUT2D eigenvalue weighted by Crippen LogP contribution is 2.29. The monoisotopic (exact) mass is 319 g/mol. The van der Waals surface area contributed by atoms with Gasteiger partial charge in [-0.1, -0.05) is 13.0 Å². The number of aromatic nitrogens is 6. The minimum Gasteiger partial charge on any atom is -0.354 e. The summed E-state index contributed by atoms with van der Waals surface area (Å²) in [5.41, 5.74) is 0. The minimum absolute atomic E-state index is 0.458. The van der Waals surface area contributed by atoms with Crippen LogP contribution in [-0.2, 0) is 0 Å². The zero-order valence-corrected chi connectivity index (χ0v) is 12.9. The molecule has 3 rings (SSSR count). The number of thiophene rings is 1. The van der Waals surface area contributed by atoms with Gasteiger partial charge in [-0.25, -0.2) is 4.98 Å². The molecule has 0 radical (unpaired) electrons. The van der Waals surface area contributed by atoms with E-state index in [2.05, 4.69) is 37.3 Å². The fraction of sp³-hybridized carbons (Fsp3) is 0.250. The van der Waals surface area contributed by atoms with Gasteiger partial charge in [0.1, 0.15) is 12.7 Å². The highest BCUT2D eigenvalue weighted by atomic mass is 32.2. The van der Waals surface area contributed by atoms with Crippen LogP contribution in [0.3, 0.4) is 0 Å². The van der Waals surface area contributed by atoms with Gasteiger partial charge in [0.2, 0.25) is 5.95 Å². The maximum Gasteiger partial charge on any atom is 0.257 e. The number of nitrogens with zero attached hydrogens (tertiary/aromatic N) is 6. The molecule has 0 spiro atoms. The van der Waals surface area contributed by atoms with Gasteiger partial charge in [0, 0.05) is 6.54 Å². The molecule has 0 aliphatic rings. The molecule has 1 N–H and O–H groups in total. The Kier molecular flexibility index (Phi) is 4.41. The number of rotatable bonds is 6. The molecule has 21 heavy (non-hydrogen) atoms. The number of hydrogen-bond acceptors (Lipinski definition) is 8. The second-order valence-electron chi connectivity index (χ2n) is 4.04. The Hall–Kier alpha value is -2.00. The van der Waals surface area contributed by atoms with Crippen LogP contribution >= 0.6 is 23.1 Å². The predicted octanol–water partition coefficient (Wildman–Crippen LogP) is 2.49. The first-order valence-corrected chi connectivity index (χ1v) is 8.11. The topological polar surface area (TPSA) is 81.4 Å². The summed E-state index contributed by atoms with van der Waals surface area (Å²) in [6, 6.07) is 4.04. The Balaban J connectivity index is 1.92. The van der Waals surface area contributed by atoms with E-state index in [1.807, 2.05) is 17.5 Å². The maximum atomic E-state index is 4.43. The van der Waals surface area contributed by atoms with Gasteiger partial charge >= 0.3 is 0 Å². The van der Waals surface area contributed by atoms with Crippen molar-refractivity contribution in [3.05, 3.63) is 30.2 Å². The van der Waals surface area contributed by atoms with Crippen molar-refractivity contribution in [1.82, 2.24) is 29.7 Å². The van der Waals surface area contributed by atoms with Crippen molar-refractivity contribution >= 4 is 29.0 Å². The highest BCUT2D eigenvalue weighted by Gasteiger charge is 2.10. The van der Waals surface area contributed by atoms with Crippen LogP contribution in [0.15, 0.2) is 39.5 Å². The third-order valence-electron chi connectivity index (χ3n) is 2.45. The van der Waals surface area contributed by atoms with Gasteiger partial charge < -0.3 is 5.32 Å². The fourth-order valence-corrected chi connectivity index (χ4v) is 3.15. The summed E-state index contributed by atoms with van der Waals surface area (Å²) in [7, 11) is 0. The lowest BCUT2D eigenvalue weighted by molar-refractivity contribution is 0.757. The van der Waals surface area contributed by atoms with Crippen molar-refractivity contribution in [3.63, 3.8) is 0 Å². The Morgan fingerprint density at radius 2 is 2.29 bits per heavy atom. The number of hydrogen-bond donors (Lipinski definition) is 1. The second-order valence-corrected chi connectivity index (χ2v) is 6.26. The van der Waals surface area contributed by atoms with Gasteiger partial charge in [0.05, 0.1) is 4.21 Å². The molecule has 108 valence electrons. The molecule has 9 heteroatoms. The average Bonchev–Trinajstić information content (AvgIpc) is 3.18. The van der Waals surface area contributed by atoms with Crippen molar-refractivity contribution in [2.75, 3.05) is 11.9 Å². The molecular weight excluding hydrogens is 306 g/mol. The lowest BCUT2D eigenvalue weighted by Gasteiger charge is -2.07. The van der Waals surface area contributed by atoms with E-state index >= 15 is 0 Å². The first kappa shape index (κ1) is 14.0. The van der Waals surface area contributed by atoms with Gasteiger partial charge in [0.25, 0.3) is 5.95 Å². The molecule has 3 heterocycles. The average molecular weight is 319 g/mol. The van der Waals surface area contributed by atoms with Crippen LogP contribution in [0.5, 0.6) is 0 Å². The smallest absolute Gasteiger partial charge is 0.257 e. The SMILES string of the molecule is CCCNc1nc(Sc2cccs2)nc(-n2cncn2)n1. The van der Waals surface area contributed by atoms with E-state index in [1.54, 1.807) is 17.7 Å². The van der Waals surface area contributed by atoms with E-state index in [1.165, 1.54) is 22.8 Å². The molecule has 0 saturated carbocycles. The summed E-state index contributed by atoms with van der Waals surface area (Å²) in [6.45, 7) is 2.90. The van der Waals surface area contributed by atoms with Gasteiger partial charge in [0.15, 0.2) is 5.16 Å². The first-order chi connectivity index (χ1) is 10.3. The standard InChI is InChI=1S/C12H13N7S2/c1-2-5-14-10-16-11(19-8-13-7-15-19)18-12(17-10)21-9-4-3-6-20-9/h3-4,6-8H,2,5H2,1H3,(H,14,16,17,18). The fourth-order valence-electron chi connectivity index (χ4n) is 1.53. The first-order valence-electron chi connectivity index (χ1n) is 6.41. The van der Waals surface area contributed by atoms with Crippen LogP contribution in [0.4, 0.5) is 5.95 Å². The van der Waals surface area contributed by atoms with E-state index in [-0.39, 0.29) is 0 Å². The Morgan fingerprint density at radius 1 is 1.33 bits per heavy atom. The normalized spacial score (nSPS) is 10.7. The molecule has 0 fully saturated rings. The number of anilines is 1. The molecule has 3 aromatic rings. The quantitative estimate of drug-likeness (QED) is 0.747. The Labute approximate surface area is 129 Å². The largest absolute Gasteiger partial charge is 0.354 e. The summed E-state index contributed by atoms with van der Waals surface area (Å²) in [6.07, 6.45) is 4.02. The van der Waals surface area contributed by atoms with Crippen LogP contribution in [0.25, 0.3) is 5.95 Å². The minimum atomic E-state index is 0.458.